The van der Waals surface area contributed by atoms with E-state index in [0.717, 1.165) is 12.1 Å². The van der Waals surface area contributed by atoms with E-state index >= 15 is 0 Å². The van der Waals surface area contributed by atoms with Crippen molar-refractivity contribution in [2.45, 2.75) is 39.2 Å². The van der Waals surface area contributed by atoms with Gasteiger partial charge in [0, 0.05) is 45.5 Å². The summed E-state index contributed by atoms with van der Waals surface area (Å²) in [5, 5.41) is 75.7. The Balaban J connectivity index is 1.69. The fraction of sp³-hybridized carbons (Fsp3) is 0.176. The van der Waals surface area contributed by atoms with Gasteiger partial charge in [0.25, 0.3) is 0 Å². The lowest BCUT2D eigenvalue weighted by atomic mass is 9.74. The van der Waals surface area contributed by atoms with Crippen LogP contribution in [0.15, 0.2) is 36.4 Å². The van der Waals surface area contributed by atoms with Crippen molar-refractivity contribution in [2.24, 2.45) is 0 Å². The molecule has 2 aliphatic carbocycles. The number of aryl methyl sites for hydroxylation is 1. The summed E-state index contributed by atoms with van der Waals surface area (Å²) >= 11 is 0. The molecule has 7 N–H and O–H groups in total. The maximum absolute atomic E-state index is 14.1. The van der Waals surface area contributed by atoms with E-state index in [1.807, 2.05) is 6.92 Å². The van der Waals surface area contributed by atoms with Crippen molar-refractivity contribution in [1.29, 1.82) is 0 Å². The van der Waals surface area contributed by atoms with Gasteiger partial charge in [-0.1, -0.05) is 20.3 Å². The number of benzene rings is 4. The molecule has 45 heavy (non-hydrogen) atoms. The molecular formula is C34H26O11. The van der Waals surface area contributed by atoms with Gasteiger partial charge >= 0.3 is 0 Å². The molecule has 1 atom stereocenters. The van der Waals surface area contributed by atoms with Gasteiger partial charge in [0.15, 0.2) is 11.6 Å². The Hall–Kier alpha value is -5.68. The van der Waals surface area contributed by atoms with Gasteiger partial charge in [0.1, 0.15) is 34.5 Å². The predicted molar refractivity (Wildman–Crippen MR) is 158 cm³/mol. The van der Waals surface area contributed by atoms with Crippen molar-refractivity contribution in [3.63, 3.8) is 0 Å². The average Bonchev–Trinajstić information content (AvgIpc) is 2.97. The lowest BCUT2D eigenvalue weighted by Crippen LogP contribution is -2.25. The highest BCUT2D eigenvalue weighted by Gasteiger charge is 2.43. The minimum Gasteiger partial charge on any atom is -0.507 e. The van der Waals surface area contributed by atoms with E-state index in [1.54, 1.807) is 6.92 Å². The SMILES string of the molecule is CCCc1cc(O)c2c(c1)C(=O)c1c(c(O)cc(O)c1-c1c(O)cc(O)c3c1C(=O)c1cc(C(O)CC)cc(O)c1C3=O)C2=O. The number of rotatable bonds is 5. The molecule has 0 aromatic heterocycles. The summed E-state index contributed by atoms with van der Waals surface area (Å²) < 4.78 is 0. The molecule has 0 radical (unpaired) electrons. The van der Waals surface area contributed by atoms with E-state index in [4.69, 9.17) is 0 Å². The number of ketones is 4. The van der Waals surface area contributed by atoms with E-state index in [9.17, 15) is 54.9 Å². The fourth-order valence-electron chi connectivity index (χ4n) is 6.28. The zero-order valence-electron chi connectivity index (χ0n) is 23.9. The molecule has 0 saturated heterocycles. The van der Waals surface area contributed by atoms with Crippen molar-refractivity contribution in [3.8, 4) is 45.6 Å². The van der Waals surface area contributed by atoms with Crippen LogP contribution in [0.4, 0.5) is 0 Å². The minimum atomic E-state index is -1.12. The van der Waals surface area contributed by atoms with Crippen molar-refractivity contribution in [3.05, 3.63) is 92.0 Å². The van der Waals surface area contributed by atoms with Gasteiger partial charge < -0.3 is 35.7 Å². The predicted octanol–water partition coefficient (Wildman–Crippen LogP) is 4.53. The van der Waals surface area contributed by atoms with Gasteiger partial charge in [-0.05, 0) is 48.2 Å². The van der Waals surface area contributed by atoms with Gasteiger partial charge in [0.2, 0.25) is 11.6 Å². The van der Waals surface area contributed by atoms with Crippen molar-refractivity contribution < 1.29 is 54.9 Å². The highest BCUT2D eigenvalue weighted by molar-refractivity contribution is 6.35. The van der Waals surface area contributed by atoms with E-state index < -0.39 is 103 Å². The Kier molecular flexibility index (Phi) is 6.67. The van der Waals surface area contributed by atoms with Crippen LogP contribution in [-0.4, -0.2) is 58.9 Å². The lowest BCUT2D eigenvalue weighted by molar-refractivity contribution is 0.0972. The van der Waals surface area contributed by atoms with Crippen molar-refractivity contribution >= 4 is 23.1 Å². The summed E-state index contributed by atoms with van der Waals surface area (Å²) in [6.07, 6.45) is 0.164. The number of carbonyl (C=O) groups is 4. The van der Waals surface area contributed by atoms with E-state index in [1.165, 1.54) is 18.2 Å². The van der Waals surface area contributed by atoms with Gasteiger partial charge in [-0.2, -0.15) is 0 Å². The summed E-state index contributed by atoms with van der Waals surface area (Å²) in [5.41, 5.74) is -4.56. The maximum Gasteiger partial charge on any atom is 0.201 e. The third-order valence-corrected chi connectivity index (χ3v) is 8.30. The van der Waals surface area contributed by atoms with Gasteiger partial charge in [0.05, 0.1) is 28.4 Å². The summed E-state index contributed by atoms with van der Waals surface area (Å²) in [6, 6.07) is 6.46. The summed E-state index contributed by atoms with van der Waals surface area (Å²) in [6.45, 7) is 3.52. The number of aliphatic hydroxyl groups is 1. The van der Waals surface area contributed by atoms with Crippen LogP contribution in [0.1, 0.15) is 108 Å². The monoisotopic (exact) mass is 610 g/mol. The number of phenolic OH excluding ortho intramolecular Hbond substituents is 6. The molecule has 0 saturated carbocycles. The van der Waals surface area contributed by atoms with Crippen LogP contribution in [0.5, 0.6) is 34.5 Å². The molecule has 11 nitrogen and oxygen atoms in total. The van der Waals surface area contributed by atoms with Crippen LogP contribution >= 0.6 is 0 Å². The smallest absolute Gasteiger partial charge is 0.201 e. The van der Waals surface area contributed by atoms with Crippen LogP contribution in [-0.2, 0) is 6.42 Å². The highest BCUT2D eigenvalue weighted by Crippen LogP contribution is 2.52. The van der Waals surface area contributed by atoms with Gasteiger partial charge in [-0.15, -0.1) is 0 Å². The third kappa shape index (κ3) is 4.08. The molecule has 0 heterocycles. The van der Waals surface area contributed by atoms with E-state index in [-0.39, 0.29) is 28.7 Å². The first kappa shape index (κ1) is 29.4. The maximum atomic E-state index is 14.1. The number of carbonyl (C=O) groups excluding carboxylic acids is 4. The fourth-order valence-corrected chi connectivity index (χ4v) is 6.28. The molecule has 4 aromatic rings. The molecule has 228 valence electrons. The molecule has 0 spiro atoms. The second-order valence-corrected chi connectivity index (χ2v) is 11.1. The molecule has 0 amide bonds. The summed E-state index contributed by atoms with van der Waals surface area (Å²) in [7, 11) is 0. The molecule has 1 unspecified atom stereocenters. The molecule has 2 aliphatic rings. The summed E-state index contributed by atoms with van der Waals surface area (Å²) in [4.78, 5) is 55.7. The Labute approximate surface area is 254 Å². The first-order valence-corrected chi connectivity index (χ1v) is 14.1. The Morgan fingerprint density at radius 3 is 1.38 bits per heavy atom. The van der Waals surface area contributed by atoms with Gasteiger partial charge in [-0.3, -0.25) is 19.2 Å². The molecule has 4 aromatic carbocycles. The first-order chi connectivity index (χ1) is 21.3. The minimum absolute atomic E-state index is 0.106. The van der Waals surface area contributed by atoms with E-state index in [0.29, 0.717) is 24.5 Å². The quantitative estimate of drug-likeness (QED) is 0.144. The van der Waals surface area contributed by atoms with Crippen molar-refractivity contribution in [1.82, 2.24) is 0 Å². The van der Waals surface area contributed by atoms with Crippen LogP contribution in [0.25, 0.3) is 11.1 Å². The largest absolute Gasteiger partial charge is 0.507 e. The molecular weight excluding hydrogens is 584 g/mol. The standard InChI is InChI=1S/C34H26O11/c1-3-5-12-6-14-23(17(36)7-12)33(44)27-21(40)10-19(38)25(29(27)31(14)42)26-20(39)11-22(41)28-30(26)32(43)15-8-13(16(35)4-2)9-18(37)24(15)34(28)45/h6-11,16,35-41H,3-5H2,1-2H3. The number of aromatic hydroxyl groups is 6. The van der Waals surface area contributed by atoms with Crippen LogP contribution in [0.2, 0.25) is 0 Å². The zero-order valence-corrected chi connectivity index (χ0v) is 23.9. The normalized spacial score (nSPS) is 14.1. The summed E-state index contributed by atoms with van der Waals surface area (Å²) in [5.74, 6) is -8.46. The Bertz CT molecular complexity index is 2050. The average molecular weight is 611 g/mol. The topological polar surface area (TPSA) is 210 Å². The van der Waals surface area contributed by atoms with Crippen LogP contribution in [0, 0.1) is 0 Å². The molecule has 6 rings (SSSR count). The second kappa shape index (κ2) is 10.2. The molecule has 11 heteroatoms. The number of hydrogen-bond donors (Lipinski definition) is 7. The second-order valence-electron chi connectivity index (χ2n) is 11.1. The molecule has 0 aliphatic heterocycles. The number of phenols is 6. The zero-order chi connectivity index (χ0) is 32.6. The van der Waals surface area contributed by atoms with Crippen LogP contribution in [0.3, 0.4) is 0 Å². The molecule has 0 bridgehead atoms. The number of fused-ring (bicyclic) bond motifs is 4. The highest BCUT2D eigenvalue weighted by atomic mass is 16.3. The molecule has 0 fully saturated rings. The Morgan fingerprint density at radius 2 is 0.911 bits per heavy atom. The van der Waals surface area contributed by atoms with E-state index in [2.05, 4.69) is 0 Å². The number of aliphatic hydroxyl groups excluding tert-OH is 1. The lowest BCUT2D eigenvalue weighted by Gasteiger charge is -2.27. The van der Waals surface area contributed by atoms with Crippen molar-refractivity contribution in [2.75, 3.05) is 0 Å². The first-order valence-electron chi connectivity index (χ1n) is 14.1. The van der Waals surface area contributed by atoms with Gasteiger partial charge in [-0.25, -0.2) is 0 Å². The van der Waals surface area contributed by atoms with Crippen LogP contribution < -0.4 is 0 Å². The number of hydrogen-bond acceptors (Lipinski definition) is 11. The third-order valence-electron chi connectivity index (χ3n) is 8.30. The Morgan fingerprint density at radius 1 is 0.489 bits per heavy atom.